The van der Waals surface area contributed by atoms with E-state index in [-0.39, 0.29) is 24.8 Å². The molecule has 1 saturated heterocycles. The van der Waals surface area contributed by atoms with Crippen LogP contribution in [-0.4, -0.2) is 56.1 Å². The van der Waals surface area contributed by atoms with Gasteiger partial charge in [-0.05, 0) is 79.5 Å². The van der Waals surface area contributed by atoms with E-state index in [0.717, 1.165) is 5.56 Å². The van der Waals surface area contributed by atoms with Crippen LogP contribution >= 0.6 is 0 Å². The molecule has 1 heterocycles. The summed E-state index contributed by atoms with van der Waals surface area (Å²) < 4.78 is 96.3. The molecule has 11 heteroatoms. The topological polar surface area (TPSA) is 51.2 Å². The van der Waals surface area contributed by atoms with Gasteiger partial charge >= 0.3 is 12.4 Å². The molecule has 42 heavy (non-hydrogen) atoms. The number of alkyl halides is 6. The third kappa shape index (κ3) is 8.39. The first-order chi connectivity index (χ1) is 19.9. The second-order valence-corrected chi connectivity index (χ2v) is 10.5. The van der Waals surface area contributed by atoms with Crippen LogP contribution in [-0.2, 0) is 29.1 Å². The predicted molar refractivity (Wildman–Crippen MR) is 144 cm³/mol. The summed E-state index contributed by atoms with van der Waals surface area (Å²) in [6.45, 7) is 1.43. The number of aliphatic hydroxyl groups excluding tert-OH is 1. The molecule has 1 aliphatic heterocycles. The number of hydrogen-bond donors (Lipinski definition) is 1. The molecule has 5 nitrogen and oxygen atoms in total. The second-order valence-electron chi connectivity index (χ2n) is 10.5. The Bertz CT molecular complexity index is 1240. The standard InChI is InChI=1S/C31H33F6NO4/c1-40-27-7-9-28(10-8-27)42-20-26(39)18-38-13-11-29(12-14-38,23-5-3-2-4-6-23)21-41-19-22-15-24(30(32,33)34)17-25(16-22)31(35,36)37/h2-10,15-17,26,39H,11-14,18-21H2,1H3. The van der Waals surface area contributed by atoms with Crippen LogP contribution in [0.1, 0.15) is 35.1 Å². The van der Waals surface area contributed by atoms with Crippen molar-refractivity contribution in [3.8, 4) is 11.5 Å². The molecular formula is C31H33F6NO4. The van der Waals surface area contributed by atoms with Gasteiger partial charge in [-0.3, -0.25) is 0 Å². The number of methoxy groups -OCH3 is 1. The molecule has 1 unspecified atom stereocenters. The highest BCUT2D eigenvalue weighted by atomic mass is 19.4. The van der Waals surface area contributed by atoms with Gasteiger partial charge in [0.05, 0.1) is 31.5 Å². The Morgan fingerprint density at radius 3 is 1.95 bits per heavy atom. The average molecular weight is 598 g/mol. The van der Waals surface area contributed by atoms with Gasteiger partial charge in [-0.1, -0.05) is 30.3 Å². The van der Waals surface area contributed by atoms with Crippen LogP contribution in [0, 0.1) is 0 Å². The zero-order valence-electron chi connectivity index (χ0n) is 23.0. The van der Waals surface area contributed by atoms with Crippen LogP contribution < -0.4 is 9.47 Å². The molecule has 1 atom stereocenters. The fourth-order valence-corrected chi connectivity index (χ4v) is 5.15. The van der Waals surface area contributed by atoms with Crippen molar-refractivity contribution in [1.29, 1.82) is 0 Å². The van der Waals surface area contributed by atoms with Gasteiger partial charge < -0.3 is 24.2 Å². The zero-order valence-corrected chi connectivity index (χ0v) is 23.0. The second kappa shape index (κ2) is 13.4. The molecule has 4 rings (SSSR count). The number of likely N-dealkylation sites (tertiary alicyclic amines) is 1. The van der Waals surface area contributed by atoms with Crippen LogP contribution in [0.15, 0.2) is 72.8 Å². The summed E-state index contributed by atoms with van der Waals surface area (Å²) in [5.74, 6) is 1.31. The van der Waals surface area contributed by atoms with Gasteiger partial charge in [0.15, 0.2) is 0 Å². The molecule has 0 saturated carbocycles. The monoisotopic (exact) mass is 597 g/mol. The van der Waals surface area contributed by atoms with E-state index in [0.29, 0.717) is 56.1 Å². The van der Waals surface area contributed by atoms with E-state index in [2.05, 4.69) is 4.90 Å². The highest BCUT2D eigenvalue weighted by Crippen LogP contribution is 2.38. The van der Waals surface area contributed by atoms with E-state index in [1.165, 1.54) is 0 Å². The predicted octanol–water partition coefficient (Wildman–Crippen LogP) is 6.72. The van der Waals surface area contributed by atoms with Gasteiger partial charge in [0.2, 0.25) is 0 Å². The Morgan fingerprint density at radius 2 is 1.40 bits per heavy atom. The van der Waals surface area contributed by atoms with Gasteiger partial charge in [0.1, 0.15) is 24.2 Å². The number of aliphatic hydroxyl groups is 1. The molecule has 228 valence electrons. The van der Waals surface area contributed by atoms with Crippen molar-refractivity contribution in [2.75, 3.05) is 40.0 Å². The maximum Gasteiger partial charge on any atom is 0.416 e. The SMILES string of the molecule is COc1ccc(OCC(O)CN2CCC(COCc3cc(C(F)(F)F)cc(C(F)(F)F)c3)(c3ccccc3)CC2)cc1. The molecule has 1 aliphatic rings. The molecule has 1 N–H and O–H groups in total. The first-order valence-electron chi connectivity index (χ1n) is 13.5. The van der Waals surface area contributed by atoms with Gasteiger partial charge in [-0.2, -0.15) is 26.3 Å². The third-order valence-corrected chi connectivity index (χ3v) is 7.46. The fourth-order valence-electron chi connectivity index (χ4n) is 5.15. The third-order valence-electron chi connectivity index (χ3n) is 7.46. The highest BCUT2D eigenvalue weighted by molar-refractivity contribution is 5.34. The molecule has 0 amide bonds. The zero-order chi connectivity index (χ0) is 30.4. The number of benzene rings is 3. The van der Waals surface area contributed by atoms with E-state index >= 15 is 0 Å². The lowest BCUT2D eigenvalue weighted by Gasteiger charge is -2.42. The lowest BCUT2D eigenvalue weighted by atomic mass is 9.73. The lowest BCUT2D eigenvalue weighted by Crippen LogP contribution is -2.47. The van der Waals surface area contributed by atoms with Crippen molar-refractivity contribution in [2.45, 2.75) is 43.3 Å². The van der Waals surface area contributed by atoms with E-state index in [1.807, 2.05) is 30.3 Å². The van der Waals surface area contributed by atoms with E-state index in [4.69, 9.17) is 14.2 Å². The normalized spacial score (nSPS) is 16.7. The number of ether oxygens (including phenoxy) is 3. The van der Waals surface area contributed by atoms with Crippen molar-refractivity contribution in [3.63, 3.8) is 0 Å². The smallest absolute Gasteiger partial charge is 0.416 e. The number of rotatable bonds is 11. The van der Waals surface area contributed by atoms with Crippen molar-refractivity contribution >= 4 is 0 Å². The van der Waals surface area contributed by atoms with Gasteiger partial charge in [0, 0.05) is 12.0 Å². The maximum absolute atomic E-state index is 13.3. The summed E-state index contributed by atoms with van der Waals surface area (Å²) in [6.07, 6.45) is -9.33. The highest BCUT2D eigenvalue weighted by Gasteiger charge is 2.38. The Morgan fingerprint density at radius 1 is 0.833 bits per heavy atom. The van der Waals surface area contributed by atoms with Crippen LogP contribution in [0.3, 0.4) is 0 Å². The van der Waals surface area contributed by atoms with E-state index in [1.54, 1.807) is 31.4 Å². The van der Waals surface area contributed by atoms with Gasteiger partial charge in [0.25, 0.3) is 0 Å². The van der Waals surface area contributed by atoms with Crippen LogP contribution in [0.25, 0.3) is 0 Å². The van der Waals surface area contributed by atoms with Crippen LogP contribution in [0.5, 0.6) is 11.5 Å². The summed E-state index contributed by atoms with van der Waals surface area (Å²) in [5.41, 5.74) is -2.43. The molecule has 0 aromatic heterocycles. The lowest BCUT2D eigenvalue weighted by molar-refractivity contribution is -0.143. The largest absolute Gasteiger partial charge is 0.497 e. The fraction of sp³-hybridized carbons (Fsp3) is 0.419. The summed E-state index contributed by atoms with van der Waals surface area (Å²) in [5, 5.41) is 10.6. The van der Waals surface area contributed by atoms with E-state index in [9.17, 15) is 31.4 Å². The molecule has 0 bridgehead atoms. The summed E-state index contributed by atoms with van der Waals surface area (Å²) in [7, 11) is 1.57. The van der Waals surface area contributed by atoms with Gasteiger partial charge in [-0.25, -0.2) is 0 Å². The van der Waals surface area contributed by atoms with Gasteiger partial charge in [-0.15, -0.1) is 0 Å². The number of β-amino-alcohol motifs (C(OH)–C–C–N with tert-alkyl or cyclic N) is 1. The molecular weight excluding hydrogens is 564 g/mol. The minimum absolute atomic E-state index is 0.104. The van der Waals surface area contributed by atoms with Crippen LogP contribution in [0.2, 0.25) is 0 Å². The molecule has 1 fully saturated rings. The quantitative estimate of drug-likeness (QED) is 0.249. The Hall–Kier alpha value is -3.28. The first-order valence-corrected chi connectivity index (χ1v) is 13.5. The summed E-state index contributed by atoms with van der Waals surface area (Å²) in [4.78, 5) is 2.10. The number of halogens is 6. The van der Waals surface area contributed by atoms with Crippen molar-refractivity contribution in [3.05, 3.63) is 95.1 Å². The summed E-state index contributed by atoms with van der Waals surface area (Å²) >= 11 is 0. The van der Waals surface area contributed by atoms with Crippen molar-refractivity contribution < 1.29 is 45.7 Å². The number of hydrogen-bond acceptors (Lipinski definition) is 5. The first kappa shape index (κ1) is 31.7. The van der Waals surface area contributed by atoms with Crippen molar-refractivity contribution in [2.24, 2.45) is 0 Å². The molecule has 3 aromatic rings. The Kier molecular flexibility index (Phi) is 10.1. The number of nitrogens with zero attached hydrogens (tertiary/aromatic N) is 1. The minimum Gasteiger partial charge on any atom is -0.497 e. The average Bonchev–Trinajstić information content (AvgIpc) is 2.97. The Labute approximate surface area is 240 Å². The minimum atomic E-state index is -4.92. The maximum atomic E-state index is 13.3. The molecule has 0 aliphatic carbocycles. The summed E-state index contributed by atoms with van der Waals surface area (Å²) in [6, 6.07) is 18.1. The van der Waals surface area contributed by atoms with Crippen molar-refractivity contribution in [1.82, 2.24) is 4.90 Å². The molecule has 0 radical (unpaired) electrons. The Balaban J connectivity index is 1.38. The molecule has 3 aromatic carbocycles. The number of piperidine rings is 1. The van der Waals surface area contributed by atoms with Crippen LogP contribution in [0.4, 0.5) is 26.3 Å². The van der Waals surface area contributed by atoms with E-state index < -0.39 is 41.6 Å². The molecule has 0 spiro atoms.